The molecule has 7 heteroatoms. The number of benzene rings is 2. The molecule has 2 aromatic rings. The second kappa shape index (κ2) is 9.55. The Morgan fingerprint density at radius 2 is 1.68 bits per heavy atom. The summed E-state index contributed by atoms with van der Waals surface area (Å²) in [5.74, 6) is -1.28. The Morgan fingerprint density at radius 3 is 2.29 bits per heavy atom. The van der Waals surface area contributed by atoms with Gasteiger partial charge in [0.25, 0.3) is 0 Å². The van der Waals surface area contributed by atoms with Crippen molar-refractivity contribution in [2.24, 2.45) is 0 Å². The van der Waals surface area contributed by atoms with Gasteiger partial charge in [0, 0.05) is 12.8 Å². The Balaban J connectivity index is 1.62. The molecule has 3 rings (SSSR count). The van der Waals surface area contributed by atoms with E-state index in [-0.39, 0.29) is 19.6 Å². The number of esters is 2. The van der Waals surface area contributed by atoms with Crippen LogP contribution in [0.1, 0.15) is 17.5 Å². The van der Waals surface area contributed by atoms with Crippen LogP contribution in [0.5, 0.6) is 0 Å². The second-order valence-electron chi connectivity index (χ2n) is 6.33. The van der Waals surface area contributed by atoms with Crippen LogP contribution >= 0.6 is 0 Å². The molecule has 2 atom stereocenters. The van der Waals surface area contributed by atoms with Crippen LogP contribution < -0.4 is 5.32 Å². The average Bonchev–Trinajstić information content (AvgIpc) is 3.12. The van der Waals surface area contributed by atoms with Crippen LogP contribution in [0.3, 0.4) is 0 Å². The SMILES string of the molecule is O=C(N[C@H](Cc1ccccc1)C(=O)O[C@@H]1CCOC1=O)OCc1ccccc1. The van der Waals surface area contributed by atoms with E-state index in [1.165, 1.54) is 0 Å². The van der Waals surface area contributed by atoms with Crippen molar-refractivity contribution in [1.82, 2.24) is 5.32 Å². The first-order valence-corrected chi connectivity index (χ1v) is 9.00. The minimum atomic E-state index is -0.987. The van der Waals surface area contributed by atoms with Gasteiger partial charge in [0.2, 0.25) is 6.10 Å². The minimum Gasteiger partial charge on any atom is -0.463 e. The number of nitrogens with one attached hydrogen (secondary N) is 1. The highest BCUT2D eigenvalue weighted by Crippen LogP contribution is 2.13. The number of carbonyl (C=O) groups is 3. The summed E-state index contributed by atoms with van der Waals surface area (Å²) in [6.45, 7) is 0.293. The summed E-state index contributed by atoms with van der Waals surface area (Å²) in [6.07, 6.45) is -1.16. The van der Waals surface area contributed by atoms with Gasteiger partial charge in [-0.15, -0.1) is 0 Å². The molecular formula is C21H21NO6. The number of carbonyl (C=O) groups excluding carboxylic acids is 3. The van der Waals surface area contributed by atoms with E-state index in [0.29, 0.717) is 6.42 Å². The second-order valence-corrected chi connectivity index (χ2v) is 6.33. The lowest BCUT2D eigenvalue weighted by molar-refractivity contribution is -0.161. The molecule has 0 aromatic heterocycles. The molecule has 146 valence electrons. The Bertz CT molecular complexity index is 808. The Kier molecular flexibility index (Phi) is 6.62. The van der Waals surface area contributed by atoms with Gasteiger partial charge < -0.3 is 19.5 Å². The monoisotopic (exact) mass is 383 g/mol. The molecule has 1 fully saturated rings. The lowest BCUT2D eigenvalue weighted by Crippen LogP contribution is -2.45. The number of amides is 1. The largest absolute Gasteiger partial charge is 0.463 e. The molecule has 0 bridgehead atoms. The Hall–Kier alpha value is -3.35. The zero-order chi connectivity index (χ0) is 19.8. The molecule has 1 amide bonds. The molecule has 1 saturated heterocycles. The van der Waals surface area contributed by atoms with Gasteiger partial charge in [0.1, 0.15) is 12.6 Å². The van der Waals surface area contributed by atoms with Crippen LogP contribution in [0.15, 0.2) is 60.7 Å². The van der Waals surface area contributed by atoms with Gasteiger partial charge >= 0.3 is 18.0 Å². The highest BCUT2D eigenvalue weighted by Gasteiger charge is 2.33. The van der Waals surface area contributed by atoms with Crippen LogP contribution in [0, 0.1) is 0 Å². The van der Waals surface area contributed by atoms with Crippen molar-refractivity contribution in [2.45, 2.75) is 31.6 Å². The summed E-state index contributed by atoms with van der Waals surface area (Å²) in [5.41, 5.74) is 1.66. The molecule has 1 heterocycles. The summed E-state index contributed by atoms with van der Waals surface area (Å²) in [6, 6.07) is 17.4. The summed E-state index contributed by atoms with van der Waals surface area (Å²) >= 11 is 0. The summed E-state index contributed by atoms with van der Waals surface area (Å²) in [4.78, 5) is 36.3. The first kappa shape index (κ1) is 19.4. The third-order valence-electron chi connectivity index (χ3n) is 4.22. The molecule has 7 nitrogen and oxygen atoms in total. The highest BCUT2D eigenvalue weighted by atomic mass is 16.6. The van der Waals surface area contributed by atoms with Crippen LogP contribution in [0.25, 0.3) is 0 Å². The van der Waals surface area contributed by atoms with Gasteiger partial charge in [-0.05, 0) is 11.1 Å². The third-order valence-corrected chi connectivity index (χ3v) is 4.22. The van der Waals surface area contributed by atoms with Crippen LogP contribution in [-0.4, -0.2) is 36.8 Å². The molecule has 0 saturated carbocycles. The smallest absolute Gasteiger partial charge is 0.408 e. The van der Waals surface area contributed by atoms with E-state index in [1.807, 2.05) is 60.7 Å². The zero-order valence-corrected chi connectivity index (χ0v) is 15.2. The van der Waals surface area contributed by atoms with E-state index in [1.54, 1.807) is 0 Å². The number of rotatable bonds is 7. The van der Waals surface area contributed by atoms with E-state index >= 15 is 0 Å². The van der Waals surface area contributed by atoms with E-state index in [9.17, 15) is 14.4 Å². The number of alkyl carbamates (subject to hydrolysis) is 1. The van der Waals surface area contributed by atoms with Gasteiger partial charge in [-0.1, -0.05) is 60.7 Å². The molecule has 1 N–H and O–H groups in total. The summed E-state index contributed by atoms with van der Waals surface area (Å²) in [7, 11) is 0. The van der Waals surface area contributed by atoms with E-state index < -0.39 is 30.2 Å². The Labute approximate surface area is 162 Å². The number of hydrogen-bond donors (Lipinski definition) is 1. The van der Waals surface area contributed by atoms with Gasteiger partial charge in [-0.2, -0.15) is 0 Å². The molecular weight excluding hydrogens is 362 g/mol. The highest BCUT2D eigenvalue weighted by molar-refractivity contribution is 5.85. The molecule has 2 aromatic carbocycles. The van der Waals surface area contributed by atoms with Crippen molar-refractivity contribution in [3.63, 3.8) is 0 Å². The van der Waals surface area contributed by atoms with Crippen LogP contribution in [0.2, 0.25) is 0 Å². The third kappa shape index (κ3) is 5.57. The first-order valence-electron chi connectivity index (χ1n) is 9.00. The van der Waals surface area contributed by atoms with E-state index in [4.69, 9.17) is 14.2 Å². The summed E-state index contributed by atoms with van der Waals surface area (Å²) in [5, 5.41) is 2.54. The standard InChI is InChI=1S/C21H21NO6/c23-19(28-18-11-12-26-20(18)24)17(13-15-7-3-1-4-8-15)22-21(25)27-14-16-9-5-2-6-10-16/h1-10,17-18H,11-14H2,(H,22,25)/t17-,18-/m1/s1. The van der Waals surface area contributed by atoms with Gasteiger partial charge in [0.05, 0.1) is 6.61 Å². The predicted molar refractivity (Wildman–Crippen MR) is 99.2 cm³/mol. The fourth-order valence-corrected chi connectivity index (χ4v) is 2.76. The van der Waals surface area contributed by atoms with E-state index in [2.05, 4.69) is 5.32 Å². The topological polar surface area (TPSA) is 90.9 Å². The number of hydrogen-bond acceptors (Lipinski definition) is 6. The molecule has 1 aliphatic heterocycles. The van der Waals surface area contributed by atoms with Crippen molar-refractivity contribution in [2.75, 3.05) is 6.61 Å². The molecule has 1 aliphatic rings. The molecule has 28 heavy (non-hydrogen) atoms. The van der Waals surface area contributed by atoms with Gasteiger partial charge in [-0.25, -0.2) is 14.4 Å². The lowest BCUT2D eigenvalue weighted by atomic mass is 10.1. The fraction of sp³-hybridized carbons (Fsp3) is 0.286. The van der Waals surface area contributed by atoms with Crippen molar-refractivity contribution in [3.8, 4) is 0 Å². The summed E-state index contributed by atoms with van der Waals surface area (Å²) < 4.78 is 15.2. The lowest BCUT2D eigenvalue weighted by Gasteiger charge is -2.19. The quantitative estimate of drug-likeness (QED) is 0.583. The normalized spacial score (nSPS) is 16.7. The van der Waals surface area contributed by atoms with Crippen molar-refractivity contribution < 1.29 is 28.6 Å². The Morgan fingerprint density at radius 1 is 1.04 bits per heavy atom. The van der Waals surface area contributed by atoms with Crippen LogP contribution in [0.4, 0.5) is 4.79 Å². The average molecular weight is 383 g/mol. The van der Waals surface area contributed by atoms with Crippen LogP contribution in [-0.2, 0) is 36.8 Å². The van der Waals surface area contributed by atoms with Crippen molar-refractivity contribution in [3.05, 3.63) is 71.8 Å². The molecule has 0 aliphatic carbocycles. The van der Waals surface area contributed by atoms with Crippen molar-refractivity contribution in [1.29, 1.82) is 0 Å². The maximum Gasteiger partial charge on any atom is 0.408 e. The van der Waals surface area contributed by atoms with Gasteiger partial charge in [0.15, 0.2) is 0 Å². The zero-order valence-electron chi connectivity index (χ0n) is 15.2. The number of cyclic esters (lactones) is 1. The first-order chi connectivity index (χ1) is 13.6. The predicted octanol–water partition coefficient (Wildman–Crippen LogP) is 2.38. The number of ether oxygens (including phenoxy) is 3. The van der Waals surface area contributed by atoms with Crippen molar-refractivity contribution >= 4 is 18.0 Å². The van der Waals surface area contributed by atoms with E-state index in [0.717, 1.165) is 11.1 Å². The minimum absolute atomic E-state index is 0.0781. The fourth-order valence-electron chi connectivity index (χ4n) is 2.76. The molecule has 0 radical (unpaired) electrons. The maximum atomic E-state index is 12.6. The molecule has 0 unspecified atom stereocenters. The maximum absolute atomic E-state index is 12.6. The van der Waals surface area contributed by atoms with Gasteiger partial charge in [-0.3, -0.25) is 0 Å². The molecule has 0 spiro atoms.